The smallest absolute Gasteiger partial charge is 0.371 e. The summed E-state index contributed by atoms with van der Waals surface area (Å²) in [6.45, 7) is 0. The zero-order valence-corrected chi connectivity index (χ0v) is 10.5. The lowest BCUT2D eigenvalue weighted by Gasteiger charge is -2.00. The summed E-state index contributed by atoms with van der Waals surface area (Å²) in [6, 6.07) is 2.84. The van der Waals surface area contributed by atoms with Crippen molar-refractivity contribution in [1.29, 1.82) is 0 Å². The number of carbonyl (C=O) groups is 2. The average Bonchev–Trinajstić information content (AvgIpc) is 2.87. The fourth-order valence-corrected chi connectivity index (χ4v) is 1.92. The summed E-state index contributed by atoms with van der Waals surface area (Å²) >= 11 is 1.06. The molecule has 0 aliphatic heterocycles. The van der Waals surface area contributed by atoms with Crippen LogP contribution in [-0.4, -0.2) is 34.1 Å². The molecular weight excluding hydrogens is 272 g/mol. The van der Waals surface area contributed by atoms with Gasteiger partial charge >= 0.3 is 11.9 Å². The second-order valence-electron chi connectivity index (χ2n) is 3.26. The van der Waals surface area contributed by atoms with E-state index in [0.29, 0.717) is 10.1 Å². The summed E-state index contributed by atoms with van der Waals surface area (Å²) < 4.78 is 9.58. The molecule has 0 radical (unpaired) electrons. The van der Waals surface area contributed by atoms with Gasteiger partial charge in [-0.15, -0.1) is 0 Å². The van der Waals surface area contributed by atoms with Crippen LogP contribution >= 0.6 is 11.8 Å². The highest BCUT2D eigenvalue weighted by atomic mass is 32.2. The Morgan fingerprint density at radius 3 is 2.79 bits per heavy atom. The minimum atomic E-state index is -1.15. The second-order valence-corrected chi connectivity index (χ2v) is 4.28. The van der Waals surface area contributed by atoms with Crippen molar-refractivity contribution < 1.29 is 23.8 Å². The monoisotopic (exact) mass is 280 g/mol. The summed E-state index contributed by atoms with van der Waals surface area (Å²) in [5.41, 5.74) is 0.0671. The van der Waals surface area contributed by atoms with Gasteiger partial charge in [0.1, 0.15) is 5.03 Å². The van der Waals surface area contributed by atoms with Gasteiger partial charge in [-0.25, -0.2) is 14.6 Å². The van der Waals surface area contributed by atoms with E-state index >= 15 is 0 Å². The van der Waals surface area contributed by atoms with E-state index in [1.165, 1.54) is 31.6 Å². The number of rotatable bonds is 4. The van der Waals surface area contributed by atoms with E-state index in [0.717, 1.165) is 11.8 Å². The second kappa shape index (κ2) is 5.53. The van der Waals surface area contributed by atoms with Crippen molar-refractivity contribution in [3.05, 3.63) is 36.0 Å². The molecule has 0 spiro atoms. The lowest BCUT2D eigenvalue weighted by atomic mass is 10.5. The van der Waals surface area contributed by atoms with Crippen LogP contribution in [0.1, 0.15) is 21.0 Å². The summed E-state index contributed by atoms with van der Waals surface area (Å²) in [6.07, 6.45) is 2.71. The van der Waals surface area contributed by atoms with Gasteiger partial charge in [0.05, 0.1) is 19.5 Å². The lowest BCUT2D eigenvalue weighted by Crippen LogP contribution is -2.05. The fourth-order valence-electron chi connectivity index (χ4n) is 1.19. The van der Waals surface area contributed by atoms with Gasteiger partial charge in [-0.2, -0.15) is 0 Å². The normalized spacial score (nSPS) is 10.2. The Morgan fingerprint density at radius 1 is 1.37 bits per heavy atom. The quantitative estimate of drug-likeness (QED) is 0.844. The number of furan rings is 1. The van der Waals surface area contributed by atoms with Crippen molar-refractivity contribution in [3.63, 3.8) is 0 Å². The molecule has 2 aromatic heterocycles. The van der Waals surface area contributed by atoms with E-state index in [2.05, 4.69) is 14.7 Å². The summed E-state index contributed by atoms with van der Waals surface area (Å²) in [5, 5.41) is 9.46. The van der Waals surface area contributed by atoms with Gasteiger partial charge in [-0.3, -0.25) is 4.98 Å². The largest absolute Gasteiger partial charge is 0.475 e. The SMILES string of the molecule is COC(=O)c1cncc(Sc2ccc(C(=O)O)o2)n1. The number of carboxylic acids is 1. The summed E-state index contributed by atoms with van der Waals surface area (Å²) in [7, 11) is 1.25. The van der Waals surface area contributed by atoms with Crippen molar-refractivity contribution in [2.45, 2.75) is 10.1 Å². The maximum atomic E-state index is 11.3. The van der Waals surface area contributed by atoms with Crippen molar-refractivity contribution >= 4 is 23.7 Å². The first kappa shape index (κ1) is 13.1. The predicted molar refractivity (Wildman–Crippen MR) is 63.2 cm³/mol. The fraction of sp³-hybridized carbons (Fsp3) is 0.0909. The standard InChI is InChI=1S/C11H8N2O5S/c1-17-11(16)6-4-12-5-8(13-6)19-9-3-2-7(18-9)10(14)15/h2-5H,1H3,(H,14,15). The maximum absolute atomic E-state index is 11.3. The Hall–Kier alpha value is -2.35. The van der Waals surface area contributed by atoms with Gasteiger partial charge in [-0.1, -0.05) is 0 Å². The van der Waals surface area contributed by atoms with Gasteiger partial charge in [-0.05, 0) is 23.9 Å². The van der Waals surface area contributed by atoms with E-state index in [9.17, 15) is 9.59 Å². The third kappa shape index (κ3) is 3.10. The topological polar surface area (TPSA) is 103 Å². The number of nitrogens with zero attached hydrogens (tertiary/aromatic N) is 2. The minimum Gasteiger partial charge on any atom is -0.475 e. The number of hydrogen-bond donors (Lipinski definition) is 1. The van der Waals surface area contributed by atoms with Crippen molar-refractivity contribution in [2.75, 3.05) is 7.11 Å². The Kier molecular flexibility index (Phi) is 3.81. The molecule has 2 heterocycles. The van der Waals surface area contributed by atoms with E-state index in [4.69, 9.17) is 9.52 Å². The van der Waals surface area contributed by atoms with Crippen LogP contribution < -0.4 is 0 Å². The minimum absolute atomic E-state index is 0.0671. The van der Waals surface area contributed by atoms with Crippen LogP contribution in [0.4, 0.5) is 0 Å². The van der Waals surface area contributed by atoms with E-state index in [-0.39, 0.29) is 11.5 Å². The van der Waals surface area contributed by atoms with Crippen LogP contribution in [-0.2, 0) is 4.74 Å². The van der Waals surface area contributed by atoms with Crippen molar-refractivity contribution in [2.24, 2.45) is 0 Å². The van der Waals surface area contributed by atoms with Crippen LogP contribution in [0.25, 0.3) is 0 Å². The molecule has 7 nitrogen and oxygen atoms in total. The highest BCUT2D eigenvalue weighted by molar-refractivity contribution is 7.99. The number of aromatic nitrogens is 2. The molecule has 0 atom stereocenters. The van der Waals surface area contributed by atoms with Crippen molar-refractivity contribution in [1.82, 2.24) is 9.97 Å². The molecule has 0 amide bonds. The first-order chi connectivity index (χ1) is 9.10. The van der Waals surface area contributed by atoms with Gasteiger partial charge in [0.15, 0.2) is 10.8 Å². The highest BCUT2D eigenvalue weighted by Gasteiger charge is 2.13. The molecule has 98 valence electrons. The Bertz CT molecular complexity index is 625. The molecular formula is C11H8N2O5S. The molecule has 0 saturated carbocycles. The molecule has 2 rings (SSSR count). The van der Waals surface area contributed by atoms with Crippen LogP contribution in [0.2, 0.25) is 0 Å². The summed E-state index contributed by atoms with van der Waals surface area (Å²) in [5.74, 6) is -1.92. The number of methoxy groups -OCH3 is 1. The molecule has 0 fully saturated rings. The number of carboxylic acid groups (broad SMARTS) is 1. The predicted octanol–water partition coefficient (Wildman–Crippen LogP) is 1.71. The Labute approximate surface area is 111 Å². The van der Waals surface area contributed by atoms with Gasteiger partial charge in [0, 0.05) is 0 Å². The zero-order chi connectivity index (χ0) is 13.8. The molecule has 19 heavy (non-hydrogen) atoms. The molecule has 0 aliphatic carbocycles. The van der Waals surface area contributed by atoms with Crippen LogP contribution in [0.15, 0.2) is 39.1 Å². The highest BCUT2D eigenvalue weighted by Crippen LogP contribution is 2.27. The number of aromatic carboxylic acids is 1. The molecule has 0 saturated heterocycles. The third-order valence-electron chi connectivity index (χ3n) is 2.00. The Morgan fingerprint density at radius 2 is 2.16 bits per heavy atom. The molecule has 0 aliphatic rings. The number of hydrogen-bond acceptors (Lipinski definition) is 7. The van der Waals surface area contributed by atoms with E-state index in [1.54, 1.807) is 0 Å². The number of esters is 1. The molecule has 1 N–H and O–H groups in total. The van der Waals surface area contributed by atoms with Crippen LogP contribution in [0.3, 0.4) is 0 Å². The first-order valence-corrected chi connectivity index (χ1v) is 5.83. The molecule has 2 aromatic rings. The molecule has 8 heteroatoms. The van der Waals surface area contributed by atoms with Gasteiger partial charge < -0.3 is 14.3 Å². The van der Waals surface area contributed by atoms with Crippen LogP contribution in [0.5, 0.6) is 0 Å². The van der Waals surface area contributed by atoms with Crippen LogP contribution in [0, 0.1) is 0 Å². The van der Waals surface area contributed by atoms with Gasteiger partial charge in [0.25, 0.3) is 0 Å². The molecule has 0 unspecified atom stereocenters. The first-order valence-electron chi connectivity index (χ1n) is 5.01. The Balaban J connectivity index is 2.18. The molecule has 0 bridgehead atoms. The average molecular weight is 280 g/mol. The molecule has 0 aromatic carbocycles. The lowest BCUT2D eigenvalue weighted by molar-refractivity contribution is 0.0591. The van der Waals surface area contributed by atoms with E-state index < -0.39 is 11.9 Å². The van der Waals surface area contributed by atoms with Gasteiger partial charge in [0.2, 0.25) is 5.76 Å². The zero-order valence-electron chi connectivity index (χ0n) is 9.69. The summed E-state index contributed by atoms with van der Waals surface area (Å²) in [4.78, 5) is 29.8. The van der Waals surface area contributed by atoms with Crippen molar-refractivity contribution in [3.8, 4) is 0 Å². The number of carbonyl (C=O) groups excluding carboxylic acids is 1. The maximum Gasteiger partial charge on any atom is 0.371 e. The van der Waals surface area contributed by atoms with E-state index in [1.807, 2.05) is 0 Å². The number of ether oxygens (including phenoxy) is 1. The third-order valence-corrected chi connectivity index (χ3v) is 2.83.